The number of carbonyl (C=O) groups excluding carboxylic acids is 2. The zero-order valence-corrected chi connectivity index (χ0v) is 18.9. The van der Waals surface area contributed by atoms with E-state index in [1.807, 2.05) is 18.2 Å². The first-order valence-electron chi connectivity index (χ1n) is 11.3. The van der Waals surface area contributed by atoms with E-state index in [0.717, 1.165) is 17.9 Å². The van der Waals surface area contributed by atoms with Crippen molar-refractivity contribution in [3.05, 3.63) is 88.3 Å². The summed E-state index contributed by atoms with van der Waals surface area (Å²) in [5.74, 6) is 0.617. The number of likely N-dealkylation sites (tertiary alicyclic amines) is 1. The van der Waals surface area contributed by atoms with Gasteiger partial charge in [-0.1, -0.05) is 18.2 Å². The normalized spacial score (nSPS) is 18.6. The number of urea groups is 1. The Labute approximate surface area is 197 Å². The zero-order chi connectivity index (χ0) is 23.7. The van der Waals surface area contributed by atoms with Gasteiger partial charge >= 0.3 is 6.03 Å². The predicted octanol–water partition coefficient (Wildman–Crippen LogP) is 3.76. The molecule has 3 heterocycles. The van der Waals surface area contributed by atoms with Crippen LogP contribution in [0.25, 0.3) is 0 Å². The summed E-state index contributed by atoms with van der Waals surface area (Å²) in [6, 6.07) is 19.2. The summed E-state index contributed by atoms with van der Waals surface area (Å²) < 4.78 is 6.93. The number of benzene rings is 2. The molecular weight excluding hydrogens is 432 g/mol. The van der Waals surface area contributed by atoms with Crippen molar-refractivity contribution in [2.75, 3.05) is 30.8 Å². The Morgan fingerprint density at radius 1 is 0.912 bits per heavy atom. The van der Waals surface area contributed by atoms with Crippen LogP contribution in [0.15, 0.2) is 71.5 Å². The number of hydrogen-bond donors (Lipinski definition) is 2. The van der Waals surface area contributed by atoms with Gasteiger partial charge < -0.3 is 24.8 Å². The lowest BCUT2D eigenvalue weighted by molar-refractivity contribution is 0.102. The molecule has 3 aromatic rings. The first-order chi connectivity index (χ1) is 16.5. The third-order valence-corrected chi connectivity index (χ3v) is 6.50. The molecule has 1 fully saturated rings. The van der Waals surface area contributed by atoms with Crippen LogP contribution in [-0.4, -0.2) is 41.6 Å². The number of pyridine rings is 1. The van der Waals surface area contributed by atoms with Crippen LogP contribution < -0.4 is 20.9 Å². The van der Waals surface area contributed by atoms with E-state index in [9.17, 15) is 14.4 Å². The van der Waals surface area contributed by atoms with Gasteiger partial charge in [-0.2, -0.15) is 0 Å². The van der Waals surface area contributed by atoms with Crippen LogP contribution in [0.1, 0.15) is 28.4 Å². The fourth-order valence-corrected chi connectivity index (χ4v) is 4.95. The van der Waals surface area contributed by atoms with Gasteiger partial charge in [0.25, 0.3) is 11.5 Å². The van der Waals surface area contributed by atoms with E-state index in [2.05, 4.69) is 10.6 Å². The monoisotopic (exact) mass is 458 g/mol. The van der Waals surface area contributed by atoms with Crippen LogP contribution in [0, 0.1) is 5.92 Å². The molecule has 0 aliphatic carbocycles. The quantitative estimate of drug-likeness (QED) is 0.623. The third-order valence-electron chi connectivity index (χ3n) is 6.50. The summed E-state index contributed by atoms with van der Waals surface area (Å²) in [4.78, 5) is 40.3. The van der Waals surface area contributed by atoms with Gasteiger partial charge in [-0.25, -0.2) is 4.79 Å². The van der Waals surface area contributed by atoms with Crippen LogP contribution in [-0.2, 0) is 6.54 Å². The maximum absolute atomic E-state index is 13.0. The zero-order valence-electron chi connectivity index (χ0n) is 18.9. The molecule has 2 aliphatic rings. The van der Waals surface area contributed by atoms with E-state index < -0.39 is 0 Å². The first kappa shape index (κ1) is 21.8. The lowest BCUT2D eigenvalue weighted by Crippen LogP contribution is -2.50. The average Bonchev–Trinajstić information content (AvgIpc) is 2.86. The highest BCUT2D eigenvalue weighted by atomic mass is 16.5. The van der Waals surface area contributed by atoms with Gasteiger partial charge in [0.15, 0.2) is 0 Å². The Bertz CT molecular complexity index is 1270. The van der Waals surface area contributed by atoms with Crippen molar-refractivity contribution in [1.82, 2.24) is 9.47 Å². The second-order valence-electron chi connectivity index (χ2n) is 8.76. The molecular formula is C26H26N4O4. The molecule has 3 amide bonds. The Hall–Kier alpha value is -4.07. The predicted molar refractivity (Wildman–Crippen MR) is 130 cm³/mol. The van der Waals surface area contributed by atoms with Gasteiger partial charge in [0.05, 0.1) is 12.8 Å². The van der Waals surface area contributed by atoms with Crippen LogP contribution in [0.4, 0.5) is 16.2 Å². The SMILES string of the molecule is COc1ccc(NC(=O)N2C[C@H]3C[C@H](C2)c2c(NC(=O)c4ccccc4)ccc(=O)n2C3)cc1. The fraction of sp³-hybridized carbons (Fsp3) is 0.269. The molecule has 34 heavy (non-hydrogen) atoms. The lowest BCUT2D eigenvalue weighted by atomic mass is 9.82. The number of fused-ring (bicyclic) bond motifs is 4. The minimum Gasteiger partial charge on any atom is -0.497 e. The fourth-order valence-electron chi connectivity index (χ4n) is 4.95. The molecule has 1 saturated heterocycles. The van der Waals surface area contributed by atoms with E-state index in [1.165, 1.54) is 6.07 Å². The van der Waals surface area contributed by atoms with Crippen LogP contribution in [0.5, 0.6) is 5.75 Å². The molecule has 0 saturated carbocycles. The Morgan fingerprint density at radius 3 is 2.41 bits per heavy atom. The van der Waals surface area contributed by atoms with E-state index in [1.54, 1.807) is 59.0 Å². The van der Waals surface area contributed by atoms with Crippen LogP contribution >= 0.6 is 0 Å². The lowest BCUT2D eigenvalue weighted by Gasteiger charge is -2.43. The molecule has 1 aromatic heterocycles. The number of carbonyl (C=O) groups is 2. The van der Waals surface area contributed by atoms with Gasteiger partial charge in [-0.3, -0.25) is 9.59 Å². The highest BCUT2D eigenvalue weighted by molar-refractivity contribution is 6.04. The van der Waals surface area contributed by atoms with Crippen molar-refractivity contribution in [1.29, 1.82) is 0 Å². The molecule has 8 heteroatoms. The molecule has 174 valence electrons. The van der Waals surface area contributed by atoms with Crippen molar-refractivity contribution in [2.45, 2.75) is 18.9 Å². The maximum Gasteiger partial charge on any atom is 0.321 e. The molecule has 0 unspecified atom stereocenters. The summed E-state index contributed by atoms with van der Waals surface area (Å²) in [5, 5.41) is 5.93. The van der Waals surface area contributed by atoms with E-state index in [-0.39, 0.29) is 29.3 Å². The largest absolute Gasteiger partial charge is 0.497 e. The standard InChI is InChI=1S/C26H26N4O4/c1-34-21-9-7-20(8-10-21)27-26(33)29-14-17-13-19(16-29)24-22(11-12-23(31)30(24)15-17)28-25(32)18-5-3-2-4-6-18/h2-12,17,19H,13-16H2,1H3,(H,27,33)(H,28,32)/t17-,19-/m1/s1. The number of hydrogen-bond acceptors (Lipinski definition) is 4. The number of amides is 3. The molecule has 2 bridgehead atoms. The molecule has 2 N–H and O–H groups in total. The van der Waals surface area contributed by atoms with Crippen molar-refractivity contribution in [3.63, 3.8) is 0 Å². The number of nitrogens with one attached hydrogen (secondary N) is 2. The molecule has 2 aliphatic heterocycles. The average molecular weight is 459 g/mol. The second-order valence-corrected chi connectivity index (χ2v) is 8.76. The topological polar surface area (TPSA) is 92.7 Å². The Morgan fingerprint density at radius 2 is 1.68 bits per heavy atom. The maximum atomic E-state index is 13.0. The van der Waals surface area contributed by atoms with Gasteiger partial charge in [0.1, 0.15) is 5.75 Å². The number of piperidine rings is 1. The van der Waals surface area contributed by atoms with E-state index in [0.29, 0.717) is 36.6 Å². The molecule has 0 radical (unpaired) electrons. The van der Waals surface area contributed by atoms with E-state index in [4.69, 9.17) is 4.74 Å². The molecule has 2 aromatic carbocycles. The molecule has 2 atom stereocenters. The van der Waals surface area contributed by atoms with E-state index >= 15 is 0 Å². The van der Waals surface area contributed by atoms with Crippen LogP contribution in [0.3, 0.4) is 0 Å². The first-order valence-corrected chi connectivity index (χ1v) is 11.3. The highest BCUT2D eigenvalue weighted by Crippen LogP contribution is 2.38. The number of anilines is 2. The Kier molecular flexibility index (Phi) is 5.79. The minimum atomic E-state index is -0.228. The summed E-state index contributed by atoms with van der Waals surface area (Å²) in [7, 11) is 1.60. The van der Waals surface area contributed by atoms with Crippen molar-refractivity contribution in [2.24, 2.45) is 5.92 Å². The number of nitrogens with zero attached hydrogens (tertiary/aromatic N) is 2. The second kappa shape index (κ2) is 9.05. The number of aromatic nitrogens is 1. The van der Waals surface area contributed by atoms with Gasteiger partial charge in [-0.15, -0.1) is 0 Å². The van der Waals surface area contributed by atoms with Gasteiger partial charge in [0.2, 0.25) is 0 Å². The van der Waals surface area contributed by atoms with Crippen molar-refractivity contribution < 1.29 is 14.3 Å². The smallest absolute Gasteiger partial charge is 0.321 e. The van der Waals surface area contributed by atoms with Crippen molar-refractivity contribution in [3.8, 4) is 5.75 Å². The number of rotatable bonds is 4. The number of methoxy groups -OCH3 is 1. The summed E-state index contributed by atoms with van der Waals surface area (Å²) in [5.41, 5.74) is 2.56. The number of ether oxygens (including phenoxy) is 1. The van der Waals surface area contributed by atoms with Gasteiger partial charge in [-0.05, 0) is 54.8 Å². The summed E-state index contributed by atoms with van der Waals surface area (Å²) in [6.45, 7) is 1.56. The molecule has 8 nitrogen and oxygen atoms in total. The molecule has 0 spiro atoms. The van der Waals surface area contributed by atoms with Crippen LogP contribution in [0.2, 0.25) is 0 Å². The summed E-state index contributed by atoms with van der Waals surface area (Å²) >= 11 is 0. The highest BCUT2D eigenvalue weighted by Gasteiger charge is 2.38. The Balaban J connectivity index is 1.37. The minimum absolute atomic E-state index is 0.0471. The summed E-state index contributed by atoms with van der Waals surface area (Å²) in [6.07, 6.45) is 0.865. The van der Waals surface area contributed by atoms with Crippen molar-refractivity contribution >= 4 is 23.3 Å². The third kappa shape index (κ3) is 4.26. The van der Waals surface area contributed by atoms with Gasteiger partial charge in [0, 0.05) is 48.6 Å². The molecule has 5 rings (SSSR count).